The van der Waals surface area contributed by atoms with Crippen LogP contribution >= 0.6 is 11.6 Å². The van der Waals surface area contributed by atoms with E-state index in [0.29, 0.717) is 30.3 Å². The molecule has 4 nitrogen and oxygen atoms in total. The molecular weight excluding hydrogens is 475 g/mol. The molecule has 8 heteroatoms. The molecule has 0 unspecified atom stereocenters. The van der Waals surface area contributed by atoms with Crippen molar-refractivity contribution in [2.45, 2.75) is 58.0 Å². The number of alkyl halides is 3. The Morgan fingerprint density at radius 2 is 1.83 bits per heavy atom. The molecule has 182 valence electrons. The van der Waals surface area contributed by atoms with Crippen LogP contribution < -0.4 is 5.32 Å². The number of halogens is 4. The van der Waals surface area contributed by atoms with E-state index >= 15 is 0 Å². The number of aryl methyl sites for hydroxylation is 1. The maximum absolute atomic E-state index is 13.5. The predicted molar refractivity (Wildman–Crippen MR) is 130 cm³/mol. The Kier molecular flexibility index (Phi) is 5.79. The number of hydrogen-bond acceptors (Lipinski definition) is 3. The molecule has 0 amide bonds. The van der Waals surface area contributed by atoms with Crippen molar-refractivity contribution < 1.29 is 18.0 Å². The van der Waals surface area contributed by atoms with Gasteiger partial charge in [0.25, 0.3) is 0 Å². The van der Waals surface area contributed by atoms with Crippen LogP contribution in [0.25, 0.3) is 5.69 Å². The average molecular weight is 500 g/mol. The summed E-state index contributed by atoms with van der Waals surface area (Å²) in [5, 5.41) is 8.12. The number of allylic oxidation sites excluding steroid dienone is 2. The average Bonchev–Trinajstić information content (AvgIpc) is 3.13. The lowest BCUT2D eigenvalue weighted by Gasteiger charge is -2.33. The Balaban J connectivity index is 1.72. The minimum atomic E-state index is -4.51. The monoisotopic (exact) mass is 499 g/mol. The first kappa shape index (κ1) is 23.7. The minimum Gasteiger partial charge on any atom is -0.343 e. The van der Waals surface area contributed by atoms with E-state index in [2.05, 4.69) is 36.4 Å². The Morgan fingerprint density at radius 3 is 2.49 bits per heavy atom. The molecule has 2 aliphatic rings. The van der Waals surface area contributed by atoms with E-state index in [0.717, 1.165) is 41.0 Å². The number of ketones is 1. The molecular formula is C27H25ClF3N3O. The van der Waals surface area contributed by atoms with Crippen molar-refractivity contribution in [2.24, 2.45) is 0 Å². The number of carbonyl (C=O) groups excluding carboxylic acids is 1. The number of hydrogen-bond donors (Lipinski definition) is 1. The first-order valence-corrected chi connectivity index (χ1v) is 12.0. The van der Waals surface area contributed by atoms with Crippen molar-refractivity contribution in [3.05, 3.63) is 86.7 Å². The van der Waals surface area contributed by atoms with Gasteiger partial charge in [0.15, 0.2) is 5.78 Å². The van der Waals surface area contributed by atoms with Gasteiger partial charge in [-0.1, -0.05) is 49.7 Å². The van der Waals surface area contributed by atoms with Crippen LogP contribution in [-0.4, -0.2) is 15.6 Å². The second-order valence-corrected chi connectivity index (χ2v) is 9.88. The molecule has 3 aromatic rings. The zero-order valence-corrected chi connectivity index (χ0v) is 20.4. The molecule has 1 aliphatic carbocycles. The van der Waals surface area contributed by atoms with Crippen molar-refractivity contribution in [1.82, 2.24) is 9.78 Å². The number of benzene rings is 2. The molecule has 0 radical (unpaired) electrons. The van der Waals surface area contributed by atoms with Crippen molar-refractivity contribution in [3.8, 4) is 5.69 Å². The van der Waals surface area contributed by atoms with Crippen LogP contribution in [0, 0.1) is 6.92 Å². The van der Waals surface area contributed by atoms with Gasteiger partial charge in [0.05, 0.1) is 22.0 Å². The summed E-state index contributed by atoms with van der Waals surface area (Å²) in [4.78, 5) is 13.1. The smallest absolute Gasteiger partial charge is 0.343 e. The zero-order chi connectivity index (χ0) is 25.1. The number of Topliss-reactive ketones (excluding diaryl/α,β-unsaturated/α-hetero) is 1. The third kappa shape index (κ3) is 4.05. The van der Waals surface area contributed by atoms with E-state index in [1.54, 1.807) is 0 Å². The highest BCUT2D eigenvalue weighted by molar-refractivity contribution is 6.32. The predicted octanol–water partition coefficient (Wildman–Crippen LogP) is 7.54. The summed E-state index contributed by atoms with van der Waals surface area (Å²) in [6.45, 7) is 6.05. The number of carbonyl (C=O) groups is 1. The topological polar surface area (TPSA) is 46.9 Å². The van der Waals surface area contributed by atoms with Crippen LogP contribution in [0.3, 0.4) is 0 Å². The van der Waals surface area contributed by atoms with Crippen molar-refractivity contribution >= 4 is 23.2 Å². The molecule has 0 spiro atoms. The van der Waals surface area contributed by atoms with Gasteiger partial charge in [-0.25, -0.2) is 4.68 Å². The van der Waals surface area contributed by atoms with Gasteiger partial charge in [0, 0.05) is 29.2 Å². The SMILES string of the molecule is Cc1nn(-c2cc(C(F)(F)F)ccc2Cl)c2c1[C@@H](c1ccc(C(C)C)cc1)C1=C(CCCC1=O)N2. The fourth-order valence-electron chi connectivity index (χ4n) is 5.05. The molecule has 0 saturated heterocycles. The van der Waals surface area contributed by atoms with Gasteiger partial charge < -0.3 is 5.32 Å². The van der Waals surface area contributed by atoms with Gasteiger partial charge in [0.1, 0.15) is 5.82 Å². The molecule has 1 aromatic heterocycles. The zero-order valence-electron chi connectivity index (χ0n) is 19.6. The highest BCUT2D eigenvalue weighted by Crippen LogP contribution is 2.48. The van der Waals surface area contributed by atoms with E-state index in [1.807, 2.05) is 19.1 Å². The Morgan fingerprint density at radius 1 is 1.11 bits per heavy atom. The number of nitrogens with zero attached hydrogens (tertiary/aromatic N) is 2. The van der Waals surface area contributed by atoms with Crippen LogP contribution in [0.5, 0.6) is 0 Å². The summed E-state index contributed by atoms with van der Waals surface area (Å²) in [6, 6.07) is 11.4. The lowest BCUT2D eigenvalue weighted by Crippen LogP contribution is -2.27. The first-order chi connectivity index (χ1) is 16.6. The molecule has 0 fully saturated rings. The lowest BCUT2D eigenvalue weighted by molar-refractivity contribution is -0.137. The first-order valence-electron chi connectivity index (χ1n) is 11.7. The van der Waals surface area contributed by atoms with Gasteiger partial charge >= 0.3 is 6.18 Å². The molecule has 2 aromatic carbocycles. The Labute approximate surface area is 206 Å². The van der Waals surface area contributed by atoms with Gasteiger partial charge in [-0.3, -0.25) is 4.79 Å². The number of nitrogens with one attached hydrogen (secondary N) is 1. The fraction of sp³-hybridized carbons (Fsp3) is 0.333. The summed E-state index contributed by atoms with van der Waals surface area (Å²) < 4.78 is 41.8. The number of fused-ring (bicyclic) bond motifs is 1. The molecule has 1 atom stereocenters. The normalized spacial score (nSPS) is 17.9. The van der Waals surface area contributed by atoms with Crippen LogP contribution in [0.2, 0.25) is 5.02 Å². The van der Waals surface area contributed by atoms with E-state index in [1.165, 1.54) is 16.3 Å². The second-order valence-electron chi connectivity index (χ2n) is 9.47. The van der Waals surface area contributed by atoms with Gasteiger partial charge in [-0.2, -0.15) is 18.3 Å². The summed E-state index contributed by atoms with van der Waals surface area (Å²) in [5.41, 5.74) is 4.41. The number of rotatable bonds is 3. The summed E-state index contributed by atoms with van der Waals surface area (Å²) in [5.74, 6) is 0.654. The van der Waals surface area contributed by atoms with Crippen LogP contribution in [0.1, 0.15) is 72.9 Å². The largest absolute Gasteiger partial charge is 0.416 e. The Hall–Kier alpha value is -3.06. The molecule has 0 saturated carbocycles. The summed E-state index contributed by atoms with van der Waals surface area (Å²) >= 11 is 6.37. The van der Waals surface area contributed by atoms with Crippen LogP contribution in [0.4, 0.5) is 19.0 Å². The van der Waals surface area contributed by atoms with Gasteiger partial charge in [0.2, 0.25) is 0 Å². The molecule has 0 bridgehead atoms. The van der Waals surface area contributed by atoms with E-state index in [-0.39, 0.29) is 22.4 Å². The highest BCUT2D eigenvalue weighted by Gasteiger charge is 2.39. The second kappa shape index (κ2) is 8.55. The highest BCUT2D eigenvalue weighted by atomic mass is 35.5. The van der Waals surface area contributed by atoms with Crippen LogP contribution in [0.15, 0.2) is 53.7 Å². The molecule has 5 rings (SSSR count). The third-order valence-electron chi connectivity index (χ3n) is 6.85. The minimum absolute atomic E-state index is 0.0894. The maximum Gasteiger partial charge on any atom is 0.416 e. The van der Waals surface area contributed by atoms with Crippen molar-refractivity contribution in [2.75, 3.05) is 5.32 Å². The van der Waals surface area contributed by atoms with Crippen molar-refractivity contribution in [1.29, 1.82) is 0 Å². The number of aromatic nitrogens is 2. The van der Waals surface area contributed by atoms with Gasteiger partial charge in [-0.15, -0.1) is 0 Å². The Bertz CT molecular complexity index is 1350. The maximum atomic E-state index is 13.5. The molecule has 1 N–H and O–H groups in total. The van der Waals surface area contributed by atoms with Gasteiger partial charge in [-0.05, 0) is 55.0 Å². The third-order valence-corrected chi connectivity index (χ3v) is 7.17. The van der Waals surface area contributed by atoms with E-state index in [9.17, 15) is 18.0 Å². The van der Waals surface area contributed by atoms with Crippen molar-refractivity contribution in [3.63, 3.8) is 0 Å². The molecule has 35 heavy (non-hydrogen) atoms. The molecule has 2 heterocycles. The number of anilines is 1. The quantitative estimate of drug-likeness (QED) is 0.405. The van der Waals surface area contributed by atoms with Crippen LogP contribution in [-0.2, 0) is 11.0 Å². The lowest BCUT2D eigenvalue weighted by atomic mass is 9.76. The summed E-state index contributed by atoms with van der Waals surface area (Å²) in [7, 11) is 0. The van der Waals surface area contributed by atoms with E-state index in [4.69, 9.17) is 11.6 Å². The standard InChI is InChI=1S/C27H25ClF3N3O/c1-14(2)16-7-9-17(10-8-16)24-23-15(3)33-34(21-13-18(27(29,30)31)11-12-19(21)28)26(23)32-20-5-4-6-22(35)25(20)24/h7-14,24,32H,4-6H2,1-3H3/t24-/m1/s1. The summed E-state index contributed by atoms with van der Waals surface area (Å²) in [6.07, 6.45) is -2.64. The fourth-order valence-corrected chi connectivity index (χ4v) is 5.25. The van der Waals surface area contributed by atoms with E-state index < -0.39 is 11.7 Å². The molecule has 1 aliphatic heterocycles.